The van der Waals surface area contributed by atoms with Gasteiger partial charge in [-0.15, -0.1) is 0 Å². The maximum Gasteiger partial charge on any atom is 0.328 e. The van der Waals surface area contributed by atoms with Crippen molar-refractivity contribution in [1.82, 2.24) is 9.78 Å². The van der Waals surface area contributed by atoms with Crippen molar-refractivity contribution >= 4 is 11.8 Å². The lowest BCUT2D eigenvalue weighted by Gasteiger charge is -2.22. The molecule has 5 nitrogen and oxygen atoms in total. The van der Waals surface area contributed by atoms with Crippen molar-refractivity contribution in [3.05, 3.63) is 12.3 Å². The molecule has 90 valence electrons. The molecule has 0 radical (unpaired) electrons. The SMILES string of the molecule is CC(Nc1ccn(C)n1)C(=O)OC(C)(C)C. The highest BCUT2D eigenvalue weighted by Gasteiger charge is 2.21. The minimum atomic E-state index is -0.461. The van der Waals surface area contributed by atoms with Crippen LogP contribution >= 0.6 is 0 Å². The van der Waals surface area contributed by atoms with Gasteiger partial charge in [0.1, 0.15) is 17.5 Å². The number of aryl methyl sites for hydroxylation is 1. The quantitative estimate of drug-likeness (QED) is 0.793. The predicted octanol–water partition coefficient (Wildman–Crippen LogP) is 1.56. The summed E-state index contributed by atoms with van der Waals surface area (Å²) in [7, 11) is 1.82. The van der Waals surface area contributed by atoms with E-state index < -0.39 is 11.6 Å². The van der Waals surface area contributed by atoms with Crippen molar-refractivity contribution < 1.29 is 9.53 Å². The number of esters is 1. The standard InChI is InChI=1S/C11H19N3O2/c1-8(10(15)16-11(2,3)4)12-9-6-7-14(5)13-9/h6-8H,1-5H3,(H,12,13). The third kappa shape index (κ3) is 3.92. The van der Waals surface area contributed by atoms with Crippen LogP contribution in [0.2, 0.25) is 0 Å². The van der Waals surface area contributed by atoms with Crippen LogP contribution in [0.15, 0.2) is 12.3 Å². The monoisotopic (exact) mass is 225 g/mol. The molecule has 0 saturated heterocycles. The van der Waals surface area contributed by atoms with Gasteiger partial charge in [0.25, 0.3) is 0 Å². The first kappa shape index (κ1) is 12.5. The zero-order chi connectivity index (χ0) is 12.3. The van der Waals surface area contributed by atoms with E-state index in [0.29, 0.717) is 5.82 Å². The van der Waals surface area contributed by atoms with Crippen LogP contribution < -0.4 is 5.32 Å². The van der Waals surface area contributed by atoms with Crippen LogP contribution in [0.3, 0.4) is 0 Å². The Bertz CT molecular complexity index is 366. The van der Waals surface area contributed by atoms with Gasteiger partial charge in [0.15, 0.2) is 0 Å². The fourth-order valence-electron chi connectivity index (χ4n) is 1.16. The molecule has 0 aliphatic heterocycles. The van der Waals surface area contributed by atoms with Crippen molar-refractivity contribution in [2.24, 2.45) is 7.05 Å². The first-order chi connectivity index (χ1) is 7.28. The summed E-state index contributed by atoms with van der Waals surface area (Å²) in [6.07, 6.45) is 1.81. The Morgan fingerprint density at radius 3 is 2.62 bits per heavy atom. The molecule has 16 heavy (non-hydrogen) atoms. The summed E-state index contributed by atoms with van der Waals surface area (Å²) in [6.45, 7) is 7.29. The molecule has 0 amide bonds. The van der Waals surface area contributed by atoms with Gasteiger partial charge >= 0.3 is 5.97 Å². The largest absolute Gasteiger partial charge is 0.458 e. The molecule has 0 fully saturated rings. The number of nitrogens with one attached hydrogen (secondary N) is 1. The summed E-state index contributed by atoms with van der Waals surface area (Å²) in [4.78, 5) is 11.7. The molecule has 0 aromatic carbocycles. The first-order valence-electron chi connectivity index (χ1n) is 5.27. The van der Waals surface area contributed by atoms with E-state index in [1.807, 2.05) is 34.0 Å². The molecule has 1 atom stereocenters. The van der Waals surface area contributed by atoms with E-state index in [1.165, 1.54) is 0 Å². The lowest BCUT2D eigenvalue weighted by molar-refractivity contribution is -0.155. The van der Waals surface area contributed by atoms with E-state index in [4.69, 9.17) is 4.74 Å². The highest BCUT2D eigenvalue weighted by Crippen LogP contribution is 2.10. The summed E-state index contributed by atoms with van der Waals surface area (Å²) in [5, 5.41) is 7.11. The second kappa shape index (κ2) is 4.55. The van der Waals surface area contributed by atoms with Crippen molar-refractivity contribution in [2.75, 3.05) is 5.32 Å². The van der Waals surface area contributed by atoms with Gasteiger partial charge in [-0.3, -0.25) is 4.68 Å². The number of anilines is 1. The van der Waals surface area contributed by atoms with E-state index in [1.54, 1.807) is 17.7 Å². The Labute approximate surface area is 95.8 Å². The third-order valence-corrected chi connectivity index (χ3v) is 1.84. The van der Waals surface area contributed by atoms with Gasteiger partial charge in [-0.05, 0) is 27.7 Å². The van der Waals surface area contributed by atoms with Gasteiger partial charge in [0.05, 0.1) is 0 Å². The van der Waals surface area contributed by atoms with Crippen LogP contribution in [0.5, 0.6) is 0 Å². The van der Waals surface area contributed by atoms with Gasteiger partial charge in [0, 0.05) is 19.3 Å². The molecule has 1 aromatic heterocycles. The predicted molar refractivity (Wildman–Crippen MR) is 62.1 cm³/mol. The molecule has 5 heteroatoms. The van der Waals surface area contributed by atoms with E-state index in [-0.39, 0.29) is 5.97 Å². The van der Waals surface area contributed by atoms with Crippen molar-refractivity contribution in [2.45, 2.75) is 39.3 Å². The molecule has 0 saturated carbocycles. The number of ether oxygens (including phenoxy) is 1. The molecular formula is C11H19N3O2. The Kier molecular flexibility index (Phi) is 3.57. The third-order valence-electron chi connectivity index (χ3n) is 1.84. The maximum atomic E-state index is 11.7. The van der Waals surface area contributed by atoms with Crippen LogP contribution in [-0.4, -0.2) is 27.4 Å². The van der Waals surface area contributed by atoms with Gasteiger partial charge in [-0.25, -0.2) is 4.79 Å². The fraction of sp³-hybridized carbons (Fsp3) is 0.636. The number of hydrogen-bond donors (Lipinski definition) is 1. The van der Waals surface area contributed by atoms with Crippen LogP contribution in [0.4, 0.5) is 5.82 Å². The lowest BCUT2D eigenvalue weighted by Crippen LogP contribution is -2.34. The summed E-state index contributed by atoms with van der Waals surface area (Å²) < 4.78 is 6.91. The van der Waals surface area contributed by atoms with Crippen LogP contribution in [-0.2, 0) is 16.6 Å². The maximum absolute atomic E-state index is 11.7. The molecule has 1 unspecified atom stereocenters. The number of rotatable bonds is 3. The summed E-state index contributed by atoms with van der Waals surface area (Å²) >= 11 is 0. The number of aromatic nitrogens is 2. The molecule has 1 aromatic rings. The Hall–Kier alpha value is -1.52. The highest BCUT2D eigenvalue weighted by molar-refractivity contribution is 5.78. The second-order valence-corrected chi connectivity index (χ2v) is 4.77. The smallest absolute Gasteiger partial charge is 0.328 e. The van der Waals surface area contributed by atoms with Gasteiger partial charge in [0.2, 0.25) is 0 Å². The van der Waals surface area contributed by atoms with Crippen LogP contribution in [0.25, 0.3) is 0 Å². The zero-order valence-corrected chi connectivity index (χ0v) is 10.4. The molecular weight excluding hydrogens is 206 g/mol. The first-order valence-corrected chi connectivity index (χ1v) is 5.27. The van der Waals surface area contributed by atoms with E-state index >= 15 is 0 Å². The number of carbonyl (C=O) groups is 1. The van der Waals surface area contributed by atoms with Gasteiger partial charge in [-0.2, -0.15) is 5.10 Å². The molecule has 1 rings (SSSR count). The Balaban J connectivity index is 2.52. The number of nitrogens with zero attached hydrogens (tertiary/aromatic N) is 2. The molecule has 1 N–H and O–H groups in total. The van der Waals surface area contributed by atoms with Crippen molar-refractivity contribution in [1.29, 1.82) is 0 Å². The molecule has 1 heterocycles. The van der Waals surface area contributed by atoms with Crippen LogP contribution in [0.1, 0.15) is 27.7 Å². The van der Waals surface area contributed by atoms with E-state index in [9.17, 15) is 4.79 Å². The van der Waals surface area contributed by atoms with Crippen LogP contribution in [0, 0.1) is 0 Å². The minimum absolute atomic E-state index is 0.279. The number of carbonyl (C=O) groups excluding carboxylic acids is 1. The van der Waals surface area contributed by atoms with E-state index in [0.717, 1.165) is 0 Å². The summed E-state index contributed by atoms with van der Waals surface area (Å²) in [6, 6.07) is 1.40. The topological polar surface area (TPSA) is 56.2 Å². The summed E-state index contributed by atoms with van der Waals surface area (Å²) in [5.74, 6) is 0.388. The summed E-state index contributed by atoms with van der Waals surface area (Å²) in [5.41, 5.74) is -0.461. The fourth-order valence-corrected chi connectivity index (χ4v) is 1.16. The molecule has 0 bridgehead atoms. The molecule has 0 spiro atoms. The van der Waals surface area contributed by atoms with Gasteiger partial charge in [-0.1, -0.05) is 0 Å². The Morgan fingerprint density at radius 2 is 2.19 bits per heavy atom. The number of hydrogen-bond acceptors (Lipinski definition) is 4. The highest BCUT2D eigenvalue weighted by atomic mass is 16.6. The average molecular weight is 225 g/mol. The zero-order valence-electron chi connectivity index (χ0n) is 10.4. The van der Waals surface area contributed by atoms with Crippen molar-refractivity contribution in [3.63, 3.8) is 0 Å². The van der Waals surface area contributed by atoms with Gasteiger partial charge < -0.3 is 10.1 Å². The second-order valence-electron chi connectivity index (χ2n) is 4.77. The molecule has 0 aliphatic carbocycles. The minimum Gasteiger partial charge on any atom is -0.458 e. The van der Waals surface area contributed by atoms with E-state index in [2.05, 4.69) is 10.4 Å². The Morgan fingerprint density at radius 1 is 1.56 bits per heavy atom. The molecule has 0 aliphatic rings. The average Bonchev–Trinajstić information content (AvgIpc) is 2.48. The lowest BCUT2D eigenvalue weighted by atomic mass is 10.2. The van der Waals surface area contributed by atoms with Crippen molar-refractivity contribution in [3.8, 4) is 0 Å². The normalized spacial score (nSPS) is 13.3.